The van der Waals surface area contributed by atoms with Crippen LogP contribution in [0, 0.1) is 17.2 Å². The van der Waals surface area contributed by atoms with Gasteiger partial charge in [0.2, 0.25) is 17.7 Å². The maximum absolute atomic E-state index is 14.1. The summed E-state index contributed by atoms with van der Waals surface area (Å²) in [4.78, 5) is 45.6. The normalized spacial score (nSPS) is 27.4. The SMILES string of the molecule is CN1C[C@H]2CC[C@@H]1C(C(=O)N[C@H](Cc1ccc(F)cc1)C(=O)N1CCC(C(=O)NC(C)(C)C)(C3CCCCC3)CC1)N2. The van der Waals surface area contributed by atoms with Crippen molar-refractivity contribution in [1.29, 1.82) is 0 Å². The van der Waals surface area contributed by atoms with Gasteiger partial charge in [-0.1, -0.05) is 31.4 Å². The molecular weight excluding hydrogens is 533 g/mol. The molecule has 0 spiro atoms. The Balaban J connectivity index is 1.32. The van der Waals surface area contributed by atoms with Gasteiger partial charge in [-0.25, -0.2) is 4.39 Å². The maximum Gasteiger partial charge on any atom is 0.245 e. The van der Waals surface area contributed by atoms with Crippen molar-refractivity contribution in [3.63, 3.8) is 0 Å². The number of likely N-dealkylation sites (tertiary alicyclic amines) is 1. The summed E-state index contributed by atoms with van der Waals surface area (Å²) in [5.41, 5.74) is -0.00386. The molecule has 4 heterocycles. The van der Waals surface area contributed by atoms with Crippen molar-refractivity contribution in [2.24, 2.45) is 11.3 Å². The number of piperidine rings is 3. The highest BCUT2D eigenvalue weighted by Gasteiger charge is 2.49. The van der Waals surface area contributed by atoms with E-state index in [0.29, 0.717) is 31.8 Å². The monoisotopic (exact) mass is 583 g/mol. The van der Waals surface area contributed by atoms with Crippen LogP contribution in [-0.2, 0) is 20.8 Å². The minimum absolute atomic E-state index is 0.101. The van der Waals surface area contributed by atoms with E-state index in [0.717, 1.165) is 50.6 Å². The first-order valence-corrected chi connectivity index (χ1v) is 16.1. The number of likely N-dealkylation sites (N-methyl/N-ethyl adjacent to an activating group) is 1. The molecule has 2 bridgehead atoms. The Morgan fingerprint density at radius 3 is 2.29 bits per heavy atom. The van der Waals surface area contributed by atoms with E-state index in [2.05, 4.69) is 27.9 Å². The third-order valence-electron chi connectivity index (χ3n) is 10.2. The van der Waals surface area contributed by atoms with E-state index in [1.165, 1.54) is 18.6 Å². The van der Waals surface area contributed by atoms with Crippen LogP contribution in [0.2, 0.25) is 0 Å². The van der Waals surface area contributed by atoms with Crippen LogP contribution in [-0.4, -0.2) is 83.9 Å². The maximum atomic E-state index is 14.1. The highest BCUT2D eigenvalue weighted by Crippen LogP contribution is 2.46. The van der Waals surface area contributed by atoms with Gasteiger partial charge in [0.05, 0.1) is 5.41 Å². The summed E-state index contributed by atoms with van der Waals surface area (Å²) in [7, 11) is 2.06. The Bertz CT molecular complexity index is 1120. The van der Waals surface area contributed by atoms with Crippen LogP contribution in [0.1, 0.15) is 84.1 Å². The van der Waals surface area contributed by atoms with Gasteiger partial charge in [0.15, 0.2) is 0 Å². The molecule has 1 aromatic carbocycles. The second-order valence-electron chi connectivity index (χ2n) is 14.3. The first-order chi connectivity index (χ1) is 19.9. The average molecular weight is 584 g/mol. The molecule has 1 saturated carbocycles. The Kier molecular flexibility index (Phi) is 9.28. The summed E-state index contributed by atoms with van der Waals surface area (Å²) < 4.78 is 13.7. The smallest absolute Gasteiger partial charge is 0.245 e. The molecule has 5 fully saturated rings. The summed E-state index contributed by atoms with van der Waals surface area (Å²) in [5, 5.41) is 9.85. The summed E-state index contributed by atoms with van der Waals surface area (Å²) in [6.07, 6.45) is 9.17. The first-order valence-electron chi connectivity index (χ1n) is 16.1. The zero-order valence-corrected chi connectivity index (χ0v) is 25.9. The predicted molar refractivity (Wildman–Crippen MR) is 161 cm³/mol. The van der Waals surface area contributed by atoms with E-state index in [1.54, 1.807) is 12.1 Å². The lowest BCUT2D eigenvalue weighted by Gasteiger charge is -2.49. The molecule has 0 radical (unpaired) electrons. The number of benzene rings is 1. The molecular formula is C33H50FN5O3. The van der Waals surface area contributed by atoms with Gasteiger partial charge >= 0.3 is 0 Å². The van der Waals surface area contributed by atoms with Crippen LogP contribution in [0.25, 0.3) is 0 Å². The van der Waals surface area contributed by atoms with E-state index >= 15 is 0 Å². The molecule has 3 N–H and O–H groups in total. The minimum atomic E-state index is -0.763. The lowest BCUT2D eigenvalue weighted by Crippen LogP contribution is -2.70. The second-order valence-corrected chi connectivity index (χ2v) is 14.3. The number of hydrogen-bond acceptors (Lipinski definition) is 5. The van der Waals surface area contributed by atoms with Crippen LogP contribution in [0.4, 0.5) is 4.39 Å². The lowest BCUT2D eigenvalue weighted by molar-refractivity contribution is -0.147. The molecule has 4 saturated heterocycles. The molecule has 6 rings (SSSR count). The van der Waals surface area contributed by atoms with Crippen LogP contribution < -0.4 is 16.0 Å². The Labute approximate surface area is 250 Å². The first kappa shape index (κ1) is 30.9. The van der Waals surface area contributed by atoms with Gasteiger partial charge in [-0.05, 0) is 90.0 Å². The number of nitrogens with one attached hydrogen (secondary N) is 3. The van der Waals surface area contributed by atoms with Gasteiger partial charge in [0.25, 0.3) is 0 Å². The van der Waals surface area contributed by atoms with Crippen molar-refractivity contribution in [1.82, 2.24) is 25.8 Å². The third-order valence-corrected chi connectivity index (χ3v) is 10.2. The zero-order valence-electron chi connectivity index (χ0n) is 25.9. The zero-order chi connectivity index (χ0) is 30.1. The highest BCUT2D eigenvalue weighted by molar-refractivity contribution is 5.91. The van der Waals surface area contributed by atoms with E-state index in [-0.39, 0.29) is 53.6 Å². The van der Waals surface area contributed by atoms with Gasteiger partial charge in [0.1, 0.15) is 17.9 Å². The molecule has 1 aliphatic carbocycles. The molecule has 0 aromatic heterocycles. The fourth-order valence-corrected chi connectivity index (χ4v) is 7.94. The van der Waals surface area contributed by atoms with Crippen molar-refractivity contribution in [3.05, 3.63) is 35.6 Å². The number of carbonyl (C=O) groups is 3. The van der Waals surface area contributed by atoms with E-state index in [9.17, 15) is 18.8 Å². The van der Waals surface area contributed by atoms with Gasteiger partial charge in [0, 0.05) is 43.7 Å². The van der Waals surface area contributed by atoms with Crippen LogP contribution in [0.3, 0.4) is 0 Å². The number of piperazine rings is 1. The molecule has 5 aliphatic rings. The molecule has 4 aliphatic heterocycles. The Hall–Kier alpha value is -2.52. The number of hydrogen-bond donors (Lipinski definition) is 3. The highest BCUT2D eigenvalue weighted by atomic mass is 19.1. The van der Waals surface area contributed by atoms with E-state index in [1.807, 2.05) is 25.7 Å². The molecule has 42 heavy (non-hydrogen) atoms. The number of nitrogens with zero attached hydrogens (tertiary/aromatic N) is 2. The van der Waals surface area contributed by atoms with Crippen molar-refractivity contribution in [2.75, 3.05) is 26.7 Å². The van der Waals surface area contributed by atoms with Crippen molar-refractivity contribution in [3.8, 4) is 0 Å². The van der Waals surface area contributed by atoms with Crippen molar-refractivity contribution >= 4 is 17.7 Å². The standard InChI is InChI=1S/C33H50FN5O3/c1-32(2,3)37-31(42)33(23-8-6-5-7-9-23)16-18-39(19-17-33)30(41)26(20-22-10-12-24(34)13-11-22)36-29(40)28-27-15-14-25(35-28)21-38(27)4/h10-13,23,25-28,35H,5-9,14-21H2,1-4H3,(H,36,40)(H,37,42)/t25-,26-,27-,28?/m1/s1. The molecule has 8 nitrogen and oxygen atoms in total. The number of amides is 3. The lowest BCUT2D eigenvalue weighted by atomic mass is 9.63. The summed E-state index contributed by atoms with van der Waals surface area (Å²) >= 11 is 0. The van der Waals surface area contributed by atoms with Crippen LogP contribution in [0.15, 0.2) is 24.3 Å². The summed E-state index contributed by atoms with van der Waals surface area (Å²) in [5.74, 6) is -0.178. The number of fused-ring (bicyclic) bond motifs is 3. The van der Waals surface area contributed by atoms with Crippen molar-refractivity contribution in [2.45, 2.75) is 115 Å². The minimum Gasteiger partial charge on any atom is -0.351 e. The fourth-order valence-electron chi connectivity index (χ4n) is 7.94. The predicted octanol–water partition coefficient (Wildman–Crippen LogP) is 3.39. The van der Waals surface area contributed by atoms with E-state index in [4.69, 9.17) is 0 Å². The van der Waals surface area contributed by atoms with Crippen LogP contribution in [0.5, 0.6) is 0 Å². The van der Waals surface area contributed by atoms with Crippen LogP contribution >= 0.6 is 0 Å². The molecule has 1 aromatic rings. The van der Waals surface area contributed by atoms with Gasteiger partial charge in [-0.2, -0.15) is 0 Å². The summed E-state index contributed by atoms with van der Waals surface area (Å²) in [6, 6.07) is 5.38. The average Bonchev–Trinajstić information content (AvgIpc) is 2.97. The molecule has 1 unspecified atom stereocenters. The van der Waals surface area contributed by atoms with Gasteiger partial charge in [-0.3, -0.25) is 19.3 Å². The topological polar surface area (TPSA) is 93.8 Å². The van der Waals surface area contributed by atoms with Crippen molar-refractivity contribution < 1.29 is 18.8 Å². The van der Waals surface area contributed by atoms with Gasteiger partial charge < -0.3 is 20.9 Å². The number of carbonyl (C=O) groups excluding carboxylic acids is 3. The molecule has 9 heteroatoms. The quantitative estimate of drug-likeness (QED) is 0.458. The molecule has 232 valence electrons. The third kappa shape index (κ3) is 6.83. The molecule has 3 amide bonds. The fraction of sp³-hybridized carbons (Fsp3) is 0.727. The number of rotatable bonds is 7. The van der Waals surface area contributed by atoms with Gasteiger partial charge in [-0.15, -0.1) is 0 Å². The largest absolute Gasteiger partial charge is 0.351 e. The Morgan fingerprint density at radius 1 is 1.02 bits per heavy atom. The Morgan fingerprint density at radius 2 is 1.69 bits per heavy atom. The number of halogens is 1. The summed E-state index contributed by atoms with van der Waals surface area (Å²) in [6.45, 7) is 7.95. The van der Waals surface area contributed by atoms with E-state index < -0.39 is 11.5 Å². The second kappa shape index (κ2) is 12.6. The molecule has 4 atom stereocenters.